The van der Waals surface area contributed by atoms with Crippen LogP contribution in [0.5, 0.6) is 0 Å². The van der Waals surface area contributed by atoms with E-state index in [2.05, 4.69) is 9.55 Å². The molecular weight excluding hydrogens is 163 g/mol. The molecule has 5 heteroatoms. The Morgan fingerprint density at radius 2 is 2.57 bits per heavy atom. The molecule has 0 radical (unpaired) electrons. The predicted molar refractivity (Wildman–Crippen MR) is 22.0 cm³/mol. The van der Waals surface area contributed by atoms with Crippen LogP contribution in [0.3, 0.4) is 0 Å². The molecule has 2 N–H and O–H groups in total. The third kappa shape index (κ3) is 5.28. The van der Waals surface area contributed by atoms with E-state index < -0.39 is 21.4 Å². The van der Waals surface area contributed by atoms with Crippen LogP contribution in [-0.2, 0) is 3.82 Å². The van der Waals surface area contributed by atoms with E-state index in [0.717, 1.165) is 0 Å². The fourth-order valence-electron chi connectivity index (χ4n) is 0.0597. The molecule has 0 heterocycles. The van der Waals surface area contributed by atoms with E-state index in [9.17, 15) is 4.79 Å². The summed E-state index contributed by atoms with van der Waals surface area (Å²) in [6.07, 6.45) is -0.887. The normalized spacial score (nSPS) is 6.71. The van der Waals surface area contributed by atoms with Crippen LogP contribution in [0.25, 0.3) is 0 Å². The second kappa shape index (κ2) is 3.47. The second-order valence-electron chi connectivity index (χ2n) is 0.577. The quantitative estimate of drug-likeness (QED) is 0.515. The first-order chi connectivity index (χ1) is 3.27. The Labute approximate surface area is 46.7 Å². The van der Waals surface area contributed by atoms with Gasteiger partial charge in [-0.15, -0.1) is 0 Å². The van der Waals surface area contributed by atoms with E-state index in [1.54, 1.807) is 4.97 Å². The predicted octanol–water partition coefficient (Wildman–Crippen LogP) is -0.818. The Hall–Kier alpha value is -0.721. The third-order valence-electron chi connectivity index (χ3n) is 0.161. The molecule has 0 spiro atoms. The molecule has 0 aromatic heterocycles. The first-order valence-electron chi connectivity index (χ1n) is 1.29. The molecule has 0 aliphatic rings. The Morgan fingerprint density at radius 3 is 2.71 bits per heavy atom. The van der Waals surface area contributed by atoms with Gasteiger partial charge in [-0.3, -0.25) is 0 Å². The Morgan fingerprint density at radius 1 is 2.00 bits per heavy atom. The van der Waals surface area contributed by atoms with Gasteiger partial charge in [-0.1, -0.05) is 0 Å². The van der Waals surface area contributed by atoms with Gasteiger partial charge in [-0.25, -0.2) is 0 Å². The van der Waals surface area contributed by atoms with Gasteiger partial charge < -0.3 is 0 Å². The van der Waals surface area contributed by atoms with Gasteiger partial charge >= 0.3 is 46.0 Å². The van der Waals surface area contributed by atoms with Gasteiger partial charge in [-0.05, 0) is 0 Å². The van der Waals surface area contributed by atoms with Crippen molar-refractivity contribution < 1.29 is 8.61 Å². The van der Waals surface area contributed by atoms with Crippen molar-refractivity contribution in [2.24, 2.45) is 5.73 Å². The Balaban J connectivity index is 3.02. The monoisotopic (exact) mass is 166 g/mol. The van der Waals surface area contributed by atoms with Crippen molar-refractivity contribution >= 4 is 21.4 Å². The van der Waals surface area contributed by atoms with E-state index in [1.165, 1.54) is 0 Å². The maximum absolute atomic E-state index is 9.62. The summed E-state index contributed by atoms with van der Waals surface area (Å²) in [6.45, 7) is 0. The zero-order chi connectivity index (χ0) is 5.70. The molecular formula is C2H2N2O2Se. The van der Waals surface area contributed by atoms with E-state index in [-0.39, 0.29) is 0 Å². The molecule has 38 valence electrons. The average molecular weight is 165 g/mol. The zero-order valence-electron chi connectivity index (χ0n) is 3.25. The number of nitrogens with two attached hydrogens (primary N) is 1. The molecule has 0 rings (SSSR count). The SMILES string of the molecule is N#C[Se]OC(N)=O. The van der Waals surface area contributed by atoms with Gasteiger partial charge in [0.1, 0.15) is 0 Å². The summed E-state index contributed by atoms with van der Waals surface area (Å²) in [7, 11) is 0. The summed E-state index contributed by atoms with van der Waals surface area (Å²) in [5, 5.41) is 7.76. The maximum atomic E-state index is 9.62. The van der Waals surface area contributed by atoms with Crippen LogP contribution in [0.4, 0.5) is 4.79 Å². The van der Waals surface area contributed by atoms with E-state index >= 15 is 0 Å². The summed E-state index contributed by atoms with van der Waals surface area (Å²) < 4.78 is 4.03. The standard InChI is InChI=1S/C2H2N2O2Se/c3-1-7-6-2(4)5/h(H2,4,5). The molecule has 0 aromatic rings. The van der Waals surface area contributed by atoms with Gasteiger partial charge in [0.2, 0.25) is 0 Å². The van der Waals surface area contributed by atoms with E-state index in [1.807, 2.05) is 0 Å². The third-order valence-corrected chi connectivity index (χ3v) is 0.837. The van der Waals surface area contributed by atoms with Crippen LogP contribution in [0.15, 0.2) is 0 Å². The topological polar surface area (TPSA) is 76.1 Å². The number of hydrogen-bond donors (Lipinski definition) is 1. The molecule has 0 saturated carbocycles. The zero-order valence-corrected chi connectivity index (χ0v) is 4.96. The van der Waals surface area contributed by atoms with Crippen molar-refractivity contribution in [3.05, 3.63) is 0 Å². The average Bonchev–Trinajstić information content (AvgIpc) is 1.61. The summed E-state index contributed by atoms with van der Waals surface area (Å²) in [5.74, 6) is 0. The van der Waals surface area contributed by atoms with Crippen molar-refractivity contribution in [2.45, 2.75) is 0 Å². The van der Waals surface area contributed by atoms with Crippen molar-refractivity contribution in [3.8, 4) is 4.97 Å². The van der Waals surface area contributed by atoms with E-state index in [4.69, 9.17) is 5.26 Å². The number of nitriles is 1. The van der Waals surface area contributed by atoms with Crippen molar-refractivity contribution in [1.82, 2.24) is 0 Å². The molecule has 0 fully saturated rings. The Kier molecular flexibility index (Phi) is 3.11. The van der Waals surface area contributed by atoms with Crippen molar-refractivity contribution in [2.75, 3.05) is 0 Å². The molecule has 1 amide bonds. The number of rotatable bonds is 1. The first kappa shape index (κ1) is 6.28. The Bertz CT molecular complexity index is 107. The van der Waals surface area contributed by atoms with Crippen LogP contribution in [0.2, 0.25) is 0 Å². The van der Waals surface area contributed by atoms with Crippen molar-refractivity contribution in [1.29, 1.82) is 5.26 Å². The van der Waals surface area contributed by atoms with Crippen LogP contribution < -0.4 is 5.73 Å². The number of hydrogen-bond acceptors (Lipinski definition) is 3. The molecule has 0 aliphatic carbocycles. The molecule has 4 nitrogen and oxygen atoms in total. The number of carbonyl (C=O) groups excluding carboxylic acids is 1. The van der Waals surface area contributed by atoms with Crippen molar-refractivity contribution in [3.63, 3.8) is 0 Å². The van der Waals surface area contributed by atoms with E-state index in [0.29, 0.717) is 0 Å². The number of carbonyl (C=O) groups is 1. The van der Waals surface area contributed by atoms with Gasteiger partial charge in [0.15, 0.2) is 0 Å². The number of primary amides is 1. The van der Waals surface area contributed by atoms with Crippen LogP contribution in [0, 0.1) is 10.2 Å². The molecule has 0 saturated heterocycles. The minimum absolute atomic E-state index is 0.730. The van der Waals surface area contributed by atoms with Gasteiger partial charge in [-0.2, -0.15) is 0 Å². The summed E-state index contributed by atoms with van der Waals surface area (Å²) >= 11 is -0.730. The van der Waals surface area contributed by atoms with Crippen LogP contribution >= 0.6 is 0 Å². The molecule has 0 bridgehead atoms. The van der Waals surface area contributed by atoms with Crippen LogP contribution in [0.1, 0.15) is 0 Å². The first-order valence-corrected chi connectivity index (χ1v) is 2.85. The fourth-order valence-corrected chi connectivity index (χ4v) is 0.310. The summed E-state index contributed by atoms with van der Waals surface area (Å²) in [6, 6.07) is 0. The molecule has 0 atom stereocenters. The van der Waals surface area contributed by atoms with Gasteiger partial charge in [0.05, 0.1) is 0 Å². The number of nitrogens with zero attached hydrogens (tertiary/aromatic N) is 1. The summed E-state index contributed by atoms with van der Waals surface area (Å²) in [4.78, 5) is 11.3. The van der Waals surface area contributed by atoms with Gasteiger partial charge in [0, 0.05) is 0 Å². The molecule has 0 aromatic carbocycles. The second-order valence-corrected chi connectivity index (χ2v) is 1.66. The molecule has 7 heavy (non-hydrogen) atoms. The number of amides is 1. The fraction of sp³-hybridized carbons (Fsp3) is 0. The minimum atomic E-state index is -0.887. The van der Waals surface area contributed by atoms with Gasteiger partial charge in [0.25, 0.3) is 0 Å². The molecule has 0 unspecified atom stereocenters. The van der Waals surface area contributed by atoms with Crippen LogP contribution in [-0.4, -0.2) is 21.4 Å². The summed E-state index contributed by atoms with van der Waals surface area (Å²) in [5.41, 5.74) is 4.48. The molecule has 0 aliphatic heterocycles.